The van der Waals surface area contributed by atoms with Gasteiger partial charge in [-0.25, -0.2) is 12.8 Å². The topological polar surface area (TPSA) is 34.1 Å². The molecule has 1 heterocycles. The van der Waals surface area contributed by atoms with Gasteiger partial charge in [0.05, 0.1) is 9.79 Å². The smallest absolute Gasteiger partial charge is 0.207 e. The number of hydrogen-bond acceptors (Lipinski definition) is 2. The van der Waals surface area contributed by atoms with Gasteiger partial charge in [-0.3, -0.25) is 0 Å². The van der Waals surface area contributed by atoms with Crippen LogP contribution >= 0.6 is 0 Å². The molecule has 0 aliphatic carbocycles. The molecule has 0 saturated carbocycles. The third-order valence-electron chi connectivity index (χ3n) is 4.54. The molecule has 2 aromatic carbocycles. The van der Waals surface area contributed by atoms with Gasteiger partial charge in [0.15, 0.2) is 0 Å². The predicted molar refractivity (Wildman–Crippen MR) is 84.5 cm³/mol. The van der Waals surface area contributed by atoms with Crippen LogP contribution in [0.5, 0.6) is 0 Å². The van der Waals surface area contributed by atoms with E-state index in [-0.39, 0.29) is 4.90 Å². The average molecular weight is 318 g/mol. The normalized spacial score (nSPS) is 17.9. The third kappa shape index (κ3) is 2.01. The molecule has 0 atom stereocenters. The SMILES string of the molecule is CC(C)c1ccc2c(c1)C(C)(C)c1ccc(F)cc1S2(=O)=O. The summed E-state index contributed by atoms with van der Waals surface area (Å²) >= 11 is 0. The van der Waals surface area contributed by atoms with Gasteiger partial charge in [0.1, 0.15) is 5.82 Å². The molecule has 1 aliphatic heterocycles. The van der Waals surface area contributed by atoms with Gasteiger partial charge in [-0.2, -0.15) is 0 Å². The highest BCUT2D eigenvalue weighted by Crippen LogP contribution is 2.46. The first kappa shape index (κ1) is 15.2. The molecule has 0 fully saturated rings. The molecule has 22 heavy (non-hydrogen) atoms. The minimum Gasteiger partial charge on any atom is -0.218 e. The lowest BCUT2D eigenvalue weighted by Crippen LogP contribution is -2.30. The monoisotopic (exact) mass is 318 g/mol. The number of fused-ring (bicyclic) bond motifs is 2. The van der Waals surface area contributed by atoms with E-state index in [1.807, 2.05) is 26.0 Å². The number of hydrogen-bond donors (Lipinski definition) is 0. The second-order valence-corrected chi connectivity index (χ2v) is 8.57. The molecule has 1 aliphatic rings. The van der Waals surface area contributed by atoms with Crippen LogP contribution in [-0.4, -0.2) is 8.42 Å². The summed E-state index contributed by atoms with van der Waals surface area (Å²) in [5.74, 6) is -0.209. The van der Waals surface area contributed by atoms with E-state index in [0.717, 1.165) is 17.2 Å². The molecule has 3 rings (SSSR count). The highest BCUT2D eigenvalue weighted by atomic mass is 32.2. The highest BCUT2D eigenvalue weighted by molar-refractivity contribution is 7.91. The standard InChI is InChI=1S/C18H19FO2S/c1-11(2)12-5-8-16-15(9-12)18(3,4)14-7-6-13(19)10-17(14)22(16,20)21/h5-11H,1-4H3. The zero-order chi connectivity index (χ0) is 16.3. The molecule has 0 spiro atoms. The Morgan fingerprint density at radius 2 is 1.64 bits per heavy atom. The molecular weight excluding hydrogens is 299 g/mol. The molecule has 0 saturated heterocycles. The summed E-state index contributed by atoms with van der Waals surface area (Å²) in [5.41, 5.74) is 2.07. The maximum atomic E-state index is 13.6. The summed E-state index contributed by atoms with van der Waals surface area (Å²) in [5, 5.41) is 0. The van der Waals surface area contributed by atoms with Crippen LogP contribution in [0.1, 0.15) is 50.3 Å². The highest BCUT2D eigenvalue weighted by Gasteiger charge is 2.40. The van der Waals surface area contributed by atoms with Crippen molar-refractivity contribution < 1.29 is 12.8 Å². The summed E-state index contributed by atoms with van der Waals surface area (Å²) in [7, 11) is -3.68. The van der Waals surface area contributed by atoms with Crippen molar-refractivity contribution in [3.05, 3.63) is 58.9 Å². The Kier molecular flexibility index (Phi) is 3.22. The fourth-order valence-electron chi connectivity index (χ4n) is 3.13. The molecule has 4 heteroatoms. The van der Waals surface area contributed by atoms with Gasteiger partial charge in [0, 0.05) is 5.41 Å². The minimum absolute atomic E-state index is 0.0855. The second kappa shape index (κ2) is 4.66. The van der Waals surface area contributed by atoms with Crippen molar-refractivity contribution in [2.24, 2.45) is 0 Å². The Morgan fingerprint density at radius 3 is 2.27 bits per heavy atom. The van der Waals surface area contributed by atoms with Crippen molar-refractivity contribution in [1.29, 1.82) is 0 Å². The maximum Gasteiger partial charge on any atom is 0.207 e. The van der Waals surface area contributed by atoms with Crippen LogP contribution in [0, 0.1) is 5.82 Å². The van der Waals surface area contributed by atoms with Crippen LogP contribution in [0.4, 0.5) is 4.39 Å². The fourth-order valence-corrected chi connectivity index (χ4v) is 5.10. The zero-order valence-corrected chi connectivity index (χ0v) is 14.0. The fraction of sp³-hybridized carbons (Fsp3) is 0.333. The second-order valence-electron chi connectivity index (χ2n) is 6.68. The summed E-state index contributed by atoms with van der Waals surface area (Å²) in [6.45, 7) is 8.13. The van der Waals surface area contributed by atoms with E-state index in [9.17, 15) is 12.8 Å². The first-order valence-electron chi connectivity index (χ1n) is 7.35. The van der Waals surface area contributed by atoms with E-state index in [2.05, 4.69) is 13.8 Å². The lowest BCUT2D eigenvalue weighted by atomic mass is 9.76. The Bertz CT molecular complexity index is 865. The van der Waals surface area contributed by atoms with E-state index in [1.54, 1.807) is 12.1 Å². The number of rotatable bonds is 1. The van der Waals surface area contributed by atoms with Crippen molar-refractivity contribution in [2.75, 3.05) is 0 Å². The van der Waals surface area contributed by atoms with Gasteiger partial charge in [0.2, 0.25) is 9.84 Å². The molecule has 2 nitrogen and oxygen atoms in total. The first-order chi connectivity index (χ1) is 10.2. The maximum absolute atomic E-state index is 13.6. The van der Waals surface area contributed by atoms with Crippen molar-refractivity contribution in [3.8, 4) is 0 Å². The zero-order valence-electron chi connectivity index (χ0n) is 13.1. The number of halogens is 1. The van der Waals surface area contributed by atoms with E-state index < -0.39 is 21.1 Å². The Morgan fingerprint density at radius 1 is 0.955 bits per heavy atom. The quantitative estimate of drug-likeness (QED) is 0.780. The number of sulfone groups is 1. The first-order valence-corrected chi connectivity index (χ1v) is 8.83. The summed E-state index contributed by atoms with van der Waals surface area (Å²) in [4.78, 5) is 0.377. The molecule has 0 unspecified atom stereocenters. The van der Waals surface area contributed by atoms with Gasteiger partial charge in [-0.15, -0.1) is 0 Å². The number of benzene rings is 2. The predicted octanol–water partition coefficient (Wildman–Crippen LogP) is 4.42. The molecule has 0 amide bonds. The van der Waals surface area contributed by atoms with Gasteiger partial charge < -0.3 is 0 Å². The Balaban J connectivity index is 2.39. The van der Waals surface area contributed by atoms with Crippen molar-refractivity contribution >= 4 is 9.84 Å². The van der Waals surface area contributed by atoms with Gasteiger partial charge in [-0.1, -0.05) is 45.9 Å². The van der Waals surface area contributed by atoms with Crippen LogP contribution in [0.3, 0.4) is 0 Å². The van der Waals surface area contributed by atoms with E-state index in [4.69, 9.17) is 0 Å². The van der Waals surface area contributed by atoms with Crippen molar-refractivity contribution in [2.45, 2.75) is 48.8 Å². The third-order valence-corrected chi connectivity index (χ3v) is 6.39. The molecule has 0 N–H and O–H groups in total. The minimum atomic E-state index is -3.68. The van der Waals surface area contributed by atoms with Crippen LogP contribution < -0.4 is 0 Å². The lowest BCUT2D eigenvalue weighted by molar-refractivity contribution is 0.547. The van der Waals surface area contributed by atoms with Gasteiger partial charge >= 0.3 is 0 Å². The molecule has 2 aromatic rings. The van der Waals surface area contributed by atoms with Crippen LogP contribution in [0.15, 0.2) is 46.2 Å². The van der Waals surface area contributed by atoms with Crippen molar-refractivity contribution in [3.63, 3.8) is 0 Å². The van der Waals surface area contributed by atoms with E-state index in [1.165, 1.54) is 6.07 Å². The lowest BCUT2D eigenvalue weighted by Gasteiger charge is -2.35. The molecule has 0 radical (unpaired) electrons. The summed E-state index contributed by atoms with van der Waals surface area (Å²) in [6.07, 6.45) is 0. The molecule has 0 aromatic heterocycles. The van der Waals surface area contributed by atoms with Gasteiger partial charge in [0.25, 0.3) is 0 Å². The molecule has 116 valence electrons. The van der Waals surface area contributed by atoms with Crippen molar-refractivity contribution in [1.82, 2.24) is 0 Å². The van der Waals surface area contributed by atoms with Gasteiger partial charge in [-0.05, 0) is 40.8 Å². The summed E-state index contributed by atoms with van der Waals surface area (Å²) < 4.78 is 39.3. The molecule has 0 bridgehead atoms. The van der Waals surface area contributed by atoms with E-state index in [0.29, 0.717) is 16.4 Å². The van der Waals surface area contributed by atoms with Crippen LogP contribution in [0.2, 0.25) is 0 Å². The summed E-state index contributed by atoms with van der Waals surface area (Å²) in [6, 6.07) is 9.53. The Labute approximate surface area is 130 Å². The largest absolute Gasteiger partial charge is 0.218 e. The Hall–Kier alpha value is -1.68. The van der Waals surface area contributed by atoms with Crippen LogP contribution in [-0.2, 0) is 15.3 Å². The van der Waals surface area contributed by atoms with Crippen LogP contribution in [0.25, 0.3) is 0 Å². The van der Waals surface area contributed by atoms with E-state index >= 15 is 0 Å². The average Bonchev–Trinajstić information content (AvgIpc) is 2.45. The molecular formula is C18H19FO2S.